The lowest BCUT2D eigenvalue weighted by molar-refractivity contribution is 0.415. The second-order valence-electron chi connectivity index (χ2n) is 7.42. The highest BCUT2D eigenvalue weighted by molar-refractivity contribution is 5.74. The highest BCUT2D eigenvalue weighted by Crippen LogP contribution is 2.31. The molecule has 0 atom stereocenters. The first-order valence-electron chi connectivity index (χ1n) is 10.2. The van der Waals surface area contributed by atoms with Gasteiger partial charge in [0.25, 0.3) is 0 Å². The van der Waals surface area contributed by atoms with Gasteiger partial charge in [0.05, 0.1) is 18.7 Å². The molecule has 0 aliphatic carbocycles. The molecule has 158 valence electrons. The molecule has 0 amide bonds. The molecular weight excluding hydrogens is 398 g/mol. The van der Waals surface area contributed by atoms with Crippen molar-refractivity contribution in [1.82, 2.24) is 9.97 Å². The number of methoxy groups -OCH3 is 1. The van der Waals surface area contributed by atoms with E-state index >= 15 is 0 Å². The Kier molecular flexibility index (Phi) is 6.00. The molecule has 0 aliphatic heterocycles. The molecule has 3 aromatic carbocycles. The normalized spacial score (nSPS) is 10.3. The van der Waals surface area contributed by atoms with Gasteiger partial charge >= 0.3 is 0 Å². The SMILES string of the molecule is COc1ccc(-c2cc(C)c(Nc3ccnc(Nc4ccc(C#N)cc4)n3)c(C)c2)cc1. The van der Waals surface area contributed by atoms with Gasteiger partial charge in [-0.2, -0.15) is 10.2 Å². The largest absolute Gasteiger partial charge is 0.497 e. The summed E-state index contributed by atoms with van der Waals surface area (Å²) in [5, 5.41) is 15.5. The minimum Gasteiger partial charge on any atom is -0.497 e. The number of rotatable bonds is 6. The number of anilines is 4. The number of aromatic nitrogens is 2. The monoisotopic (exact) mass is 421 g/mol. The van der Waals surface area contributed by atoms with Crippen molar-refractivity contribution >= 4 is 23.1 Å². The zero-order valence-corrected chi connectivity index (χ0v) is 18.2. The van der Waals surface area contributed by atoms with E-state index in [1.807, 2.05) is 30.3 Å². The first-order chi connectivity index (χ1) is 15.6. The average Bonchev–Trinajstić information content (AvgIpc) is 2.82. The summed E-state index contributed by atoms with van der Waals surface area (Å²) in [7, 11) is 1.67. The van der Waals surface area contributed by atoms with Gasteiger partial charge in [0.2, 0.25) is 5.95 Å². The summed E-state index contributed by atoms with van der Waals surface area (Å²) in [5.41, 5.74) is 6.98. The molecular formula is C26H23N5O. The summed E-state index contributed by atoms with van der Waals surface area (Å²) in [6.07, 6.45) is 1.71. The number of nitrogens with one attached hydrogen (secondary N) is 2. The van der Waals surface area contributed by atoms with Crippen molar-refractivity contribution in [2.75, 3.05) is 17.7 Å². The number of hydrogen-bond acceptors (Lipinski definition) is 6. The van der Waals surface area contributed by atoms with Gasteiger partial charge in [-0.3, -0.25) is 0 Å². The van der Waals surface area contributed by atoms with Crippen molar-refractivity contribution in [2.45, 2.75) is 13.8 Å². The van der Waals surface area contributed by atoms with Gasteiger partial charge in [-0.05, 0) is 90.7 Å². The zero-order valence-electron chi connectivity index (χ0n) is 18.2. The predicted octanol–water partition coefficient (Wildman–Crippen LogP) is 6.13. The van der Waals surface area contributed by atoms with E-state index in [4.69, 9.17) is 10.00 Å². The van der Waals surface area contributed by atoms with Crippen LogP contribution in [0.2, 0.25) is 0 Å². The maximum absolute atomic E-state index is 8.93. The van der Waals surface area contributed by atoms with Gasteiger partial charge in [0.1, 0.15) is 11.6 Å². The third-order valence-electron chi connectivity index (χ3n) is 5.13. The lowest BCUT2D eigenvalue weighted by atomic mass is 9.98. The third kappa shape index (κ3) is 4.68. The Balaban J connectivity index is 1.54. The number of nitrogens with zero attached hydrogens (tertiary/aromatic N) is 3. The molecule has 0 fully saturated rings. The molecule has 0 radical (unpaired) electrons. The third-order valence-corrected chi connectivity index (χ3v) is 5.13. The molecule has 4 rings (SSSR count). The molecule has 6 heteroatoms. The van der Waals surface area contributed by atoms with Gasteiger partial charge in [-0.15, -0.1) is 0 Å². The van der Waals surface area contributed by atoms with Crippen molar-refractivity contribution < 1.29 is 4.74 Å². The van der Waals surface area contributed by atoms with Crippen molar-refractivity contribution in [3.05, 3.63) is 89.6 Å². The summed E-state index contributed by atoms with van der Waals surface area (Å²) in [5.74, 6) is 2.01. The van der Waals surface area contributed by atoms with Gasteiger partial charge < -0.3 is 15.4 Å². The zero-order chi connectivity index (χ0) is 22.5. The van der Waals surface area contributed by atoms with Crippen molar-refractivity contribution in [3.8, 4) is 22.9 Å². The van der Waals surface area contributed by atoms with Crippen LogP contribution in [0.25, 0.3) is 11.1 Å². The number of nitriles is 1. The van der Waals surface area contributed by atoms with Crippen LogP contribution >= 0.6 is 0 Å². The molecule has 0 spiro atoms. The van der Waals surface area contributed by atoms with E-state index in [0.29, 0.717) is 17.3 Å². The Labute approximate surface area is 187 Å². The Bertz CT molecular complexity index is 1250. The minimum atomic E-state index is 0.477. The van der Waals surface area contributed by atoms with E-state index in [-0.39, 0.29) is 0 Å². The molecule has 0 aliphatic rings. The van der Waals surface area contributed by atoms with Crippen LogP contribution in [0.5, 0.6) is 5.75 Å². The van der Waals surface area contributed by atoms with Crippen LogP contribution in [-0.4, -0.2) is 17.1 Å². The lowest BCUT2D eigenvalue weighted by Gasteiger charge is -2.15. The Morgan fingerprint density at radius 2 is 1.53 bits per heavy atom. The van der Waals surface area contributed by atoms with Crippen LogP contribution < -0.4 is 15.4 Å². The highest BCUT2D eigenvalue weighted by Gasteiger charge is 2.09. The molecule has 0 bridgehead atoms. The molecule has 0 saturated carbocycles. The van der Waals surface area contributed by atoms with Crippen molar-refractivity contribution in [2.24, 2.45) is 0 Å². The second kappa shape index (κ2) is 9.19. The summed E-state index contributed by atoms with van der Waals surface area (Å²) in [4.78, 5) is 8.87. The summed E-state index contributed by atoms with van der Waals surface area (Å²) in [6.45, 7) is 4.17. The van der Waals surface area contributed by atoms with Gasteiger partial charge in [-0.25, -0.2) is 4.98 Å². The predicted molar refractivity (Wildman–Crippen MR) is 128 cm³/mol. The number of benzene rings is 3. The highest BCUT2D eigenvalue weighted by atomic mass is 16.5. The molecule has 6 nitrogen and oxygen atoms in total. The number of aryl methyl sites for hydroxylation is 2. The van der Waals surface area contributed by atoms with E-state index in [9.17, 15) is 0 Å². The molecule has 0 saturated heterocycles. The van der Waals surface area contributed by atoms with E-state index in [2.05, 4.69) is 64.8 Å². The van der Waals surface area contributed by atoms with Crippen LogP contribution in [0.4, 0.5) is 23.1 Å². The van der Waals surface area contributed by atoms with E-state index in [1.54, 1.807) is 25.4 Å². The fourth-order valence-corrected chi connectivity index (χ4v) is 3.48. The molecule has 32 heavy (non-hydrogen) atoms. The minimum absolute atomic E-state index is 0.477. The standard InChI is InChI=1S/C26H23N5O/c1-17-14-21(20-6-10-23(32-3)11-7-20)15-18(2)25(17)30-24-12-13-28-26(31-24)29-22-8-4-19(16-27)5-9-22/h4-15H,1-3H3,(H2,28,29,30,31). The van der Waals surface area contributed by atoms with Crippen molar-refractivity contribution in [3.63, 3.8) is 0 Å². The molecule has 4 aromatic rings. The Morgan fingerprint density at radius 1 is 0.844 bits per heavy atom. The van der Waals surface area contributed by atoms with E-state index in [0.717, 1.165) is 39.4 Å². The van der Waals surface area contributed by atoms with E-state index in [1.165, 1.54) is 0 Å². The van der Waals surface area contributed by atoms with Crippen LogP contribution in [0, 0.1) is 25.2 Å². The molecule has 0 unspecified atom stereocenters. The Hall–Kier alpha value is -4.37. The fraction of sp³-hybridized carbons (Fsp3) is 0.115. The van der Waals surface area contributed by atoms with Crippen LogP contribution in [-0.2, 0) is 0 Å². The van der Waals surface area contributed by atoms with Gasteiger partial charge in [-0.1, -0.05) is 12.1 Å². The summed E-state index contributed by atoms with van der Waals surface area (Å²) < 4.78 is 5.26. The van der Waals surface area contributed by atoms with Crippen LogP contribution in [0.1, 0.15) is 16.7 Å². The number of ether oxygens (including phenoxy) is 1. The van der Waals surface area contributed by atoms with Crippen molar-refractivity contribution in [1.29, 1.82) is 5.26 Å². The first kappa shape index (κ1) is 20.9. The topological polar surface area (TPSA) is 82.9 Å². The smallest absolute Gasteiger partial charge is 0.229 e. The van der Waals surface area contributed by atoms with Crippen LogP contribution in [0.15, 0.2) is 72.9 Å². The van der Waals surface area contributed by atoms with E-state index < -0.39 is 0 Å². The molecule has 2 N–H and O–H groups in total. The second-order valence-corrected chi connectivity index (χ2v) is 7.42. The van der Waals surface area contributed by atoms with Gasteiger partial charge in [0.15, 0.2) is 0 Å². The molecule has 1 aromatic heterocycles. The fourth-order valence-electron chi connectivity index (χ4n) is 3.48. The van der Waals surface area contributed by atoms with Crippen LogP contribution in [0.3, 0.4) is 0 Å². The summed E-state index contributed by atoms with van der Waals surface area (Å²) in [6, 6.07) is 23.5. The maximum Gasteiger partial charge on any atom is 0.229 e. The maximum atomic E-state index is 8.93. The lowest BCUT2D eigenvalue weighted by Crippen LogP contribution is -2.02. The number of hydrogen-bond donors (Lipinski definition) is 2. The quantitative estimate of drug-likeness (QED) is 0.390. The Morgan fingerprint density at radius 3 is 2.16 bits per heavy atom. The first-order valence-corrected chi connectivity index (χ1v) is 10.2. The summed E-state index contributed by atoms with van der Waals surface area (Å²) >= 11 is 0. The molecule has 1 heterocycles. The van der Waals surface area contributed by atoms with Gasteiger partial charge in [0, 0.05) is 17.6 Å². The average molecular weight is 422 g/mol.